The number of hydrogen-bond acceptors (Lipinski definition) is 4. The zero-order valence-corrected chi connectivity index (χ0v) is 17.5. The van der Waals surface area contributed by atoms with Gasteiger partial charge >= 0.3 is 0 Å². The third kappa shape index (κ3) is 5.07. The van der Waals surface area contributed by atoms with Crippen molar-refractivity contribution in [2.24, 2.45) is 0 Å². The minimum atomic E-state index is -0.451. The third-order valence-corrected chi connectivity index (χ3v) is 5.03. The fourth-order valence-electron chi connectivity index (χ4n) is 2.84. The Morgan fingerprint density at radius 3 is 2.71 bits per heavy atom. The van der Waals surface area contributed by atoms with Gasteiger partial charge in [-0.3, -0.25) is 9.48 Å². The number of para-hydroxylation sites is 1. The molecule has 9 heteroatoms. The second-order valence-corrected chi connectivity index (χ2v) is 7.38. The molecule has 158 valence electrons. The summed E-state index contributed by atoms with van der Waals surface area (Å²) in [5, 5.41) is 7.61. The summed E-state index contributed by atoms with van der Waals surface area (Å²) in [5.41, 5.74) is 0.752. The Morgan fingerprint density at radius 1 is 1.10 bits per heavy atom. The molecule has 4 rings (SSSR count). The van der Waals surface area contributed by atoms with Gasteiger partial charge in [0.25, 0.3) is 5.91 Å². The van der Waals surface area contributed by atoms with Gasteiger partial charge in [-0.25, -0.2) is 4.39 Å². The minimum Gasteiger partial charge on any atom is -0.484 e. The van der Waals surface area contributed by atoms with E-state index in [-0.39, 0.29) is 18.9 Å². The molecule has 0 saturated heterocycles. The maximum Gasteiger partial charge on any atom is 0.291 e. The van der Waals surface area contributed by atoms with Crippen molar-refractivity contribution in [1.29, 1.82) is 0 Å². The number of carbonyl (C=O) groups is 1. The highest BCUT2D eigenvalue weighted by atomic mass is 35.5. The SMILES string of the molecule is O=C(Nc1cnn(Cc2c(F)cccc2Cl)c1)c1ccc(COc2ccccc2Cl)o1. The van der Waals surface area contributed by atoms with Gasteiger partial charge < -0.3 is 14.5 Å². The molecule has 2 heterocycles. The molecule has 6 nitrogen and oxygen atoms in total. The van der Waals surface area contributed by atoms with Gasteiger partial charge in [-0.1, -0.05) is 41.4 Å². The molecule has 0 fully saturated rings. The lowest BCUT2D eigenvalue weighted by molar-refractivity contribution is 0.0992. The molecule has 0 aliphatic heterocycles. The summed E-state index contributed by atoms with van der Waals surface area (Å²) in [7, 11) is 0. The first-order valence-corrected chi connectivity index (χ1v) is 9.98. The maximum absolute atomic E-state index is 13.9. The molecule has 4 aromatic rings. The number of nitrogens with one attached hydrogen (secondary N) is 1. The fraction of sp³-hybridized carbons (Fsp3) is 0.0909. The van der Waals surface area contributed by atoms with Gasteiger partial charge in [0.2, 0.25) is 0 Å². The molecule has 0 saturated carbocycles. The number of nitrogens with zero attached hydrogens (tertiary/aromatic N) is 2. The Labute approximate surface area is 187 Å². The third-order valence-electron chi connectivity index (χ3n) is 4.36. The Kier molecular flexibility index (Phi) is 6.25. The van der Waals surface area contributed by atoms with Crippen molar-refractivity contribution in [3.8, 4) is 5.75 Å². The van der Waals surface area contributed by atoms with Crippen molar-refractivity contribution in [2.75, 3.05) is 5.32 Å². The number of benzene rings is 2. The second kappa shape index (κ2) is 9.24. The molecule has 31 heavy (non-hydrogen) atoms. The number of anilines is 1. The molecule has 0 unspecified atom stereocenters. The van der Waals surface area contributed by atoms with Crippen LogP contribution in [0.1, 0.15) is 21.9 Å². The van der Waals surface area contributed by atoms with Gasteiger partial charge in [0.15, 0.2) is 5.76 Å². The van der Waals surface area contributed by atoms with Gasteiger partial charge in [0, 0.05) is 16.8 Å². The van der Waals surface area contributed by atoms with E-state index in [2.05, 4.69) is 10.4 Å². The Balaban J connectivity index is 1.36. The number of halogens is 3. The molecule has 0 atom stereocenters. The lowest BCUT2D eigenvalue weighted by Crippen LogP contribution is -2.10. The number of hydrogen-bond donors (Lipinski definition) is 1. The monoisotopic (exact) mass is 459 g/mol. The van der Waals surface area contributed by atoms with Crippen LogP contribution >= 0.6 is 23.2 Å². The second-order valence-electron chi connectivity index (χ2n) is 6.57. The van der Waals surface area contributed by atoms with E-state index in [1.165, 1.54) is 23.0 Å². The zero-order chi connectivity index (χ0) is 21.8. The topological polar surface area (TPSA) is 69.3 Å². The molecular formula is C22H16Cl2FN3O3. The van der Waals surface area contributed by atoms with E-state index in [4.69, 9.17) is 32.4 Å². The van der Waals surface area contributed by atoms with Crippen LogP contribution in [-0.2, 0) is 13.2 Å². The molecule has 1 N–H and O–H groups in total. The van der Waals surface area contributed by atoms with Crippen molar-refractivity contribution >= 4 is 34.8 Å². The van der Waals surface area contributed by atoms with Crippen molar-refractivity contribution in [3.63, 3.8) is 0 Å². The smallest absolute Gasteiger partial charge is 0.291 e. The normalized spacial score (nSPS) is 10.8. The highest BCUT2D eigenvalue weighted by Crippen LogP contribution is 2.24. The van der Waals surface area contributed by atoms with Gasteiger partial charge in [-0.05, 0) is 36.4 Å². The summed E-state index contributed by atoms with van der Waals surface area (Å²) in [6.07, 6.45) is 3.03. The van der Waals surface area contributed by atoms with Crippen LogP contribution in [0.5, 0.6) is 5.75 Å². The first-order valence-electron chi connectivity index (χ1n) is 9.22. The molecule has 0 aliphatic carbocycles. The van der Waals surface area contributed by atoms with Crippen LogP contribution in [0.15, 0.2) is 71.4 Å². The lowest BCUT2D eigenvalue weighted by Gasteiger charge is -2.06. The molecule has 0 bridgehead atoms. The van der Waals surface area contributed by atoms with Gasteiger partial charge in [0.05, 0.1) is 23.5 Å². The zero-order valence-electron chi connectivity index (χ0n) is 16.0. The number of rotatable bonds is 7. The van der Waals surface area contributed by atoms with Crippen molar-refractivity contribution in [3.05, 3.63) is 99.9 Å². The number of carbonyl (C=O) groups excluding carboxylic acids is 1. The first-order chi connectivity index (χ1) is 15.0. The molecular weight excluding hydrogens is 444 g/mol. The molecule has 1 amide bonds. The minimum absolute atomic E-state index is 0.114. The van der Waals surface area contributed by atoms with Gasteiger partial charge in [0.1, 0.15) is 23.9 Å². The Hall–Kier alpha value is -3.29. The number of furan rings is 1. The number of aromatic nitrogens is 2. The molecule has 0 radical (unpaired) electrons. The highest BCUT2D eigenvalue weighted by molar-refractivity contribution is 6.32. The van der Waals surface area contributed by atoms with Crippen molar-refractivity contribution in [2.45, 2.75) is 13.2 Å². The average molecular weight is 460 g/mol. The van der Waals surface area contributed by atoms with E-state index >= 15 is 0 Å². The molecule has 0 aliphatic rings. The van der Waals surface area contributed by atoms with Crippen LogP contribution in [0.3, 0.4) is 0 Å². The van der Waals surface area contributed by atoms with E-state index in [9.17, 15) is 9.18 Å². The van der Waals surface area contributed by atoms with E-state index in [0.29, 0.717) is 32.8 Å². The van der Waals surface area contributed by atoms with E-state index < -0.39 is 11.7 Å². The predicted molar refractivity (Wildman–Crippen MR) is 115 cm³/mol. The number of amides is 1. The summed E-state index contributed by atoms with van der Waals surface area (Å²) < 4.78 is 26.6. The van der Waals surface area contributed by atoms with E-state index in [0.717, 1.165) is 0 Å². The Morgan fingerprint density at radius 2 is 1.90 bits per heavy atom. The quantitative estimate of drug-likeness (QED) is 0.379. The van der Waals surface area contributed by atoms with Crippen LogP contribution in [-0.4, -0.2) is 15.7 Å². The summed E-state index contributed by atoms with van der Waals surface area (Å²) in [5.74, 6) is 0.231. The van der Waals surface area contributed by atoms with Crippen LogP contribution < -0.4 is 10.1 Å². The summed E-state index contributed by atoms with van der Waals surface area (Å²) in [6, 6.07) is 14.7. The largest absolute Gasteiger partial charge is 0.484 e. The molecule has 2 aromatic heterocycles. The van der Waals surface area contributed by atoms with E-state index in [1.807, 2.05) is 6.07 Å². The van der Waals surface area contributed by atoms with Crippen LogP contribution in [0, 0.1) is 5.82 Å². The van der Waals surface area contributed by atoms with Crippen LogP contribution in [0.25, 0.3) is 0 Å². The first kappa shape index (κ1) is 21.0. The van der Waals surface area contributed by atoms with Crippen molar-refractivity contribution < 1.29 is 18.3 Å². The predicted octanol–water partition coefficient (Wildman–Crippen LogP) is 5.80. The number of ether oxygens (including phenoxy) is 1. The Bertz CT molecular complexity index is 1200. The lowest BCUT2D eigenvalue weighted by atomic mass is 10.2. The van der Waals surface area contributed by atoms with Crippen molar-refractivity contribution in [1.82, 2.24) is 9.78 Å². The molecule has 0 spiro atoms. The maximum atomic E-state index is 13.9. The van der Waals surface area contributed by atoms with Gasteiger partial charge in [-0.15, -0.1) is 0 Å². The highest BCUT2D eigenvalue weighted by Gasteiger charge is 2.14. The van der Waals surface area contributed by atoms with Crippen LogP contribution in [0.2, 0.25) is 10.0 Å². The van der Waals surface area contributed by atoms with Crippen LogP contribution in [0.4, 0.5) is 10.1 Å². The van der Waals surface area contributed by atoms with E-state index in [1.54, 1.807) is 42.6 Å². The standard InChI is InChI=1S/C22H16Cl2FN3O3/c23-17-5-3-6-19(25)16(17)12-28-11-14(10-26-28)27-22(29)21-9-8-15(31-21)13-30-20-7-2-1-4-18(20)24/h1-11H,12-13H2,(H,27,29). The summed E-state index contributed by atoms with van der Waals surface area (Å²) in [6.45, 7) is 0.254. The summed E-state index contributed by atoms with van der Waals surface area (Å²) >= 11 is 12.1. The fourth-order valence-corrected chi connectivity index (χ4v) is 3.25. The average Bonchev–Trinajstić information content (AvgIpc) is 3.40. The molecule has 2 aromatic carbocycles. The summed E-state index contributed by atoms with van der Waals surface area (Å²) in [4.78, 5) is 12.4. The van der Waals surface area contributed by atoms with Gasteiger partial charge in [-0.2, -0.15) is 5.10 Å².